The van der Waals surface area contributed by atoms with E-state index >= 15 is 0 Å². The van der Waals surface area contributed by atoms with Gasteiger partial charge in [-0.1, -0.05) is 6.07 Å². The van der Waals surface area contributed by atoms with Gasteiger partial charge in [-0.3, -0.25) is 4.79 Å². The van der Waals surface area contributed by atoms with Crippen molar-refractivity contribution in [1.82, 2.24) is 0 Å². The first kappa shape index (κ1) is 14.3. The van der Waals surface area contributed by atoms with Crippen LogP contribution < -0.4 is 9.64 Å². The molecule has 18 heavy (non-hydrogen) atoms. The third-order valence-corrected chi connectivity index (χ3v) is 2.64. The maximum atomic E-state index is 10.5. The summed E-state index contributed by atoms with van der Waals surface area (Å²) < 4.78 is 5.24. The fourth-order valence-electron chi connectivity index (χ4n) is 1.78. The van der Waals surface area contributed by atoms with Crippen LogP contribution >= 0.6 is 0 Å². The lowest BCUT2D eigenvalue weighted by molar-refractivity contribution is -0.139. The van der Waals surface area contributed by atoms with Crippen LogP contribution in [-0.2, 0) is 4.79 Å². The second kappa shape index (κ2) is 6.26. The Kier molecular flexibility index (Phi) is 4.97. The standard InChI is InChI=1S/C13H19NO4/c1-9-4-5-12(18-3)11(6-9)14(2)8-10(15)7-13(16)17/h4-6,10,15H,7-8H2,1-3H3,(H,16,17). The predicted molar refractivity (Wildman–Crippen MR) is 69.3 cm³/mol. The molecule has 0 aromatic heterocycles. The third kappa shape index (κ3) is 3.92. The zero-order valence-corrected chi connectivity index (χ0v) is 10.9. The fourth-order valence-corrected chi connectivity index (χ4v) is 1.78. The number of hydrogen-bond acceptors (Lipinski definition) is 4. The molecule has 100 valence electrons. The second-order valence-electron chi connectivity index (χ2n) is 4.31. The highest BCUT2D eigenvalue weighted by Crippen LogP contribution is 2.28. The van der Waals surface area contributed by atoms with Gasteiger partial charge >= 0.3 is 5.97 Å². The summed E-state index contributed by atoms with van der Waals surface area (Å²) in [5, 5.41) is 18.2. The Morgan fingerprint density at radius 2 is 2.17 bits per heavy atom. The molecule has 1 unspecified atom stereocenters. The normalized spacial score (nSPS) is 12.0. The molecule has 0 aliphatic carbocycles. The van der Waals surface area contributed by atoms with E-state index in [1.54, 1.807) is 19.1 Å². The van der Waals surface area contributed by atoms with Gasteiger partial charge in [0, 0.05) is 13.6 Å². The van der Waals surface area contributed by atoms with Crippen molar-refractivity contribution in [2.24, 2.45) is 0 Å². The summed E-state index contributed by atoms with van der Waals surface area (Å²) in [6, 6.07) is 5.72. The number of aryl methyl sites for hydroxylation is 1. The number of ether oxygens (including phenoxy) is 1. The third-order valence-electron chi connectivity index (χ3n) is 2.64. The molecular weight excluding hydrogens is 234 g/mol. The Morgan fingerprint density at radius 3 is 2.72 bits per heavy atom. The van der Waals surface area contributed by atoms with E-state index in [1.165, 1.54) is 0 Å². The number of carboxylic acids is 1. The van der Waals surface area contributed by atoms with Crippen LogP contribution in [0.2, 0.25) is 0 Å². The molecule has 0 bridgehead atoms. The van der Waals surface area contributed by atoms with Gasteiger partial charge in [0.2, 0.25) is 0 Å². The molecule has 0 heterocycles. The number of aliphatic hydroxyl groups is 1. The van der Waals surface area contributed by atoms with E-state index in [0.717, 1.165) is 11.3 Å². The number of benzene rings is 1. The Bertz CT molecular complexity index is 419. The summed E-state index contributed by atoms with van der Waals surface area (Å²) in [6.07, 6.45) is -1.17. The SMILES string of the molecule is COc1ccc(C)cc1N(C)CC(O)CC(=O)O. The smallest absolute Gasteiger partial charge is 0.306 e. The van der Waals surface area contributed by atoms with Crippen LogP contribution in [0.15, 0.2) is 18.2 Å². The summed E-state index contributed by atoms with van der Waals surface area (Å²) >= 11 is 0. The van der Waals surface area contributed by atoms with Crippen LogP contribution in [-0.4, -0.2) is 43.0 Å². The lowest BCUT2D eigenvalue weighted by atomic mass is 10.1. The molecule has 0 aliphatic rings. The topological polar surface area (TPSA) is 70.0 Å². The predicted octanol–water partition coefficient (Wildman–Crippen LogP) is 1.28. The minimum Gasteiger partial charge on any atom is -0.495 e. The van der Waals surface area contributed by atoms with E-state index in [4.69, 9.17) is 9.84 Å². The molecule has 0 saturated heterocycles. The molecule has 5 heteroatoms. The highest BCUT2D eigenvalue weighted by Gasteiger charge is 2.15. The van der Waals surface area contributed by atoms with Gasteiger partial charge in [-0.2, -0.15) is 0 Å². The Labute approximate surface area is 107 Å². The first-order chi connectivity index (χ1) is 8.43. The number of carbonyl (C=O) groups is 1. The number of aliphatic carboxylic acids is 1. The second-order valence-corrected chi connectivity index (χ2v) is 4.31. The number of likely N-dealkylation sites (N-methyl/N-ethyl adjacent to an activating group) is 1. The van der Waals surface area contributed by atoms with E-state index in [1.807, 2.05) is 25.1 Å². The Hall–Kier alpha value is -1.75. The fraction of sp³-hybridized carbons (Fsp3) is 0.462. The molecular formula is C13H19NO4. The first-order valence-corrected chi connectivity index (χ1v) is 5.69. The molecule has 0 radical (unpaired) electrons. The van der Waals surface area contributed by atoms with Gasteiger partial charge in [0.25, 0.3) is 0 Å². The molecule has 0 fully saturated rings. The van der Waals surface area contributed by atoms with Crippen molar-refractivity contribution in [3.63, 3.8) is 0 Å². The highest BCUT2D eigenvalue weighted by molar-refractivity contribution is 5.67. The summed E-state index contributed by atoms with van der Waals surface area (Å²) in [7, 11) is 3.37. The minimum absolute atomic E-state index is 0.242. The van der Waals surface area contributed by atoms with Gasteiger partial charge in [-0.05, 0) is 24.6 Å². The van der Waals surface area contributed by atoms with Gasteiger partial charge in [0.1, 0.15) is 5.75 Å². The molecule has 1 rings (SSSR count). The maximum absolute atomic E-state index is 10.5. The van der Waals surface area contributed by atoms with Gasteiger partial charge < -0.3 is 19.8 Å². The number of anilines is 1. The summed E-state index contributed by atoms with van der Waals surface area (Å²) in [6.45, 7) is 2.20. The van der Waals surface area contributed by atoms with Crippen LogP contribution in [0.3, 0.4) is 0 Å². The number of carboxylic acid groups (broad SMARTS) is 1. The maximum Gasteiger partial charge on any atom is 0.306 e. The molecule has 1 aromatic carbocycles. The lowest BCUT2D eigenvalue weighted by Gasteiger charge is -2.24. The zero-order chi connectivity index (χ0) is 13.7. The lowest BCUT2D eigenvalue weighted by Crippen LogP contribution is -2.30. The number of rotatable bonds is 6. The van der Waals surface area contributed by atoms with Crippen LogP contribution in [0.1, 0.15) is 12.0 Å². The van der Waals surface area contributed by atoms with Gasteiger partial charge in [0.15, 0.2) is 0 Å². The van der Waals surface area contributed by atoms with Crippen molar-refractivity contribution in [3.05, 3.63) is 23.8 Å². The Morgan fingerprint density at radius 1 is 1.50 bits per heavy atom. The largest absolute Gasteiger partial charge is 0.495 e. The van der Waals surface area contributed by atoms with Gasteiger partial charge in [-0.15, -0.1) is 0 Å². The molecule has 5 nitrogen and oxygen atoms in total. The average Bonchev–Trinajstić information content (AvgIpc) is 2.27. The van der Waals surface area contributed by atoms with E-state index in [9.17, 15) is 9.90 Å². The quantitative estimate of drug-likeness (QED) is 0.799. The molecule has 0 saturated carbocycles. The number of methoxy groups -OCH3 is 1. The van der Waals surface area contributed by atoms with E-state index < -0.39 is 12.1 Å². The Balaban J connectivity index is 2.79. The monoisotopic (exact) mass is 253 g/mol. The molecule has 0 spiro atoms. The highest BCUT2D eigenvalue weighted by atomic mass is 16.5. The van der Waals surface area contributed by atoms with Gasteiger partial charge in [0.05, 0.1) is 25.3 Å². The van der Waals surface area contributed by atoms with E-state index in [-0.39, 0.29) is 13.0 Å². The molecule has 0 amide bonds. The molecule has 1 atom stereocenters. The minimum atomic E-state index is -1.01. The van der Waals surface area contributed by atoms with E-state index in [0.29, 0.717) is 5.75 Å². The zero-order valence-electron chi connectivity index (χ0n) is 10.9. The number of nitrogens with zero attached hydrogens (tertiary/aromatic N) is 1. The molecule has 0 aliphatic heterocycles. The van der Waals surface area contributed by atoms with Crippen molar-refractivity contribution in [2.75, 3.05) is 25.6 Å². The van der Waals surface area contributed by atoms with Crippen LogP contribution in [0, 0.1) is 6.92 Å². The van der Waals surface area contributed by atoms with Gasteiger partial charge in [-0.25, -0.2) is 0 Å². The van der Waals surface area contributed by atoms with Crippen LogP contribution in [0.5, 0.6) is 5.75 Å². The van der Waals surface area contributed by atoms with Crippen molar-refractivity contribution >= 4 is 11.7 Å². The van der Waals surface area contributed by atoms with E-state index in [2.05, 4.69) is 0 Å². The van der Waals surface area contributed by atoms with Crippen molar-refractivity contribution in [2.45, 2.75) is 19.4 Å². The van der Waals surface area contributed by atoms with Crippen molar-refractivity contribution < 1.29 is 19.7 Å². The number of aliphatic hydroxyl groups excluding tert-OH is 1. The summed E-state index contributed by atoms with van der Waals surface area (Å²) in [5.41, 5.74) is 1.91. The van der Waals surface area contributed by atoms with Crippen molar-refractivity contribution in [3.8, 4) is 5.75 Å². The average molecular weight is 253 g/mol. The van der Waals surface area contributed by atoms with Crippen LogP contribution in [0.25, 0.3) is 0 Å². The summed E-state index contributed by atoms with van der Waals surface area (Å²) in [5.74, 6) is -0.308. The van der Waals surface area contributed by atoms with Crippen LogP contribution in [0.4, 0.5) is 5.69 Å². The molecule has 1 aromatic rings. The molecule has 2 N–H and O–H groups in total. The first-order valence-electron chi connectivity index (χ1n) is 5.69. The number of hydrogen-bond donors (Lipinski definition) is 2. The summed E-state index contributed by atoms with van der Waals surface area (Å²) in [4.78, 5) is 12.3. The van der Waals surface area contributed by atoms with Crippen molar-refractivity contribution in [1.29, 1.82) is 0 Å².